The summed E-state index contributed by atoms with van der Waals surface area (Å²) < 4.78 is 13.1. The lowest BCUT2D eigenvalue weighted by Gasteiger charge is -2.27. The van der Waals surface area contributed by atoms with E-state index in [0.717, 1.165) is 16.7 Å². The predicted octanol–water partition coefficient (Wildman–Crippen LogP) is 3.71. The van der Waals surface area contributed by atoms with Gasteiger partial charge in [0.15, 0.2) is 0 Å². The Labute approximate surface area is 169 Å². The van der Waals surface area contributed by atoms with Crippen LogP contribution in [0.1, 0.15) is 27.0 Å². The van der Waals surface area contributed by atoms with Crippen molar-refractivity contribution < 1.29 is 14.0 Å². The molecule has 0 spiro atoms. The molecule has 1 N–H and O–H groups in total. The second-order valence-electron chi connectivity index (χ2n) is 7.14. The number of hydrogen-bond donors (Lipinski definition) is 1. The Bertz CT molecular complexity index is 1020. The summed E-state index contributed by atoms with van der Waals surface area (Å²) in [5, 5.41) is 2.91. The Morgan fingerprint density at radius 3 is 2.34 bits per heavy atom. The molecule has 0 radical (unpaired) electrons. The lowest BCUT2D eigenvalue weighted by molar-refractivity contribution is -0.125. The van der Waals surface area contributed by atoms with Crippen LogP contribution >= 0.6 is 0 Å². The van der Waals surface area contributed by atoms with Crippen LogP contribution in [0.5, 0.6) is 0 Å². The molecule has 2 amide bonds. The van der Waals surface area contributed by atoms with Crippen LogP contribution < -0.4 is 5.32 Å². The van der Waals surface area contributed by atoms with Crippen LogP contribution in [0.4, 0.5) is 4.39 Å². The van der Waals surface area contributed by atoms with Crippen LogP contribution in [-0.4, -0.2) is 22.8 Å². The first-order valence-electron chi connectivity index (χ1n) is 9.57. The zero-order valence-electron chi connectivity index (χ0n) is 15.8. The molecule has 1 heterocycles. The number of hydrogen-bond acceptors (Lipinski definition) is 2. The van der Waals surface area contributed by atoms with Crippen molar-refractivity contribution in [1.82, 2.24) is 10.2 Å². The summed E-state index contributed by atoms with van der Waals surface area (Å²) in [7, 11) is 0. The van der Waals surface area contributed by atoms with Crippen molar-refractivity contribution in [3.63, 3.8) is 0 Å². The van der Waals surface area contributed by atoms with E-state index in [2.05, 4.69) is 5.32 Å². The van der Waals surface area contributed by atoms with Gasteiger partial charge in [-0.25, -0.2) is 4.39 Å². The quantitative estimate of drug-likeness (QED) is 0.700. The number of carbonyl (C=O) groups excluding carboxylic acids is 2. The van der Waals surface area contributed by atoms with Crippen LogP contribution in [0.15, 0.2) is 78.9 Å². The van der Waals surface area contributed by atoms with Crippen LogP contribution in [0.25, 0.3) is 0 Å². The van der Waals surface area contributed by atoms with Crippen LogP contribution in [-0.2, 0) is 24.3 Å². The first kappa shape index (κ1) is 18.9. The fourth-order valence-corrected chi connectivity index (χ4v) is 3.62. The number of nitrogens with zero attached hydrogens (tertiary/aromatic N) is 1. The van der Waals surface area contributed by atoms with Gasteiger partial charge in [0, 0.05) is 25.1 Å². The number of halogens is 1. The van der Waals surface area contributed by atoms with Gasteiger partial charge in [0.2, 0.25) is 5.91 Å². The van der Waals surface area contributed by atoms with E-state index in [0.29, 0.717) is 18.5 Å². The zero-order chi connectivity index (χ0) is 20.2. The molecule has 4 rings (SSSR count). The third-order valence-electron chi connectivity index (χ3n) is 5.18. The van der Waals surface area contributed by atoms with Gasteiger partial charge < -0.3 is 10.2 Å². The molecule has 4 nitrogen and oxygen atoms in total. The SMILES string of the molecule is O=C(NCc1ccc(F)cc1)[C@H](Cc1ccccc1)N1Cc2ccccc2C1=O. The number of rotatable bonds is 6. The van der Waals surface area contributed by atoms with Gasteiger partial charge in [-0.1, -0.05) is 60.7 Å². The van der Waals surface area contributed by atoms with Gasteiger partial charge in [0.25, 0.3) is 5.91 Å². The van der Waals surface area contributed by atoms with E-state index in [-0.39, 0.29) is 24.2 Å². The highest BCUT2D eigenvalue weighted by Gasteiger charge is 2.36. The maximum atomic E-state index is 13.1. The fraction of sp³-hybridized carbons (Fsp3) is 0.167. The van der Waals surface area contributed by atoms with E-state index in [1.807, 2.05) is 48.5 Å². The number of benzene rings is 3. The van der Waals surface area contributed by atoms with Crippen molar-refractivity contribution in [2.45, 2.75) is 25.6 Å². The summed E-state index contributed by atoms with van der Waals surface area (Å²) in [6, 6.07) is 22.5. The lowest BCUT2D eigenvalue weighted by atomic mass is 10.0. The fourth-order valence-electron chi connectivity index (χ4n) is 3.62. The molecule has 146 valence electrons. The Morgan fingerprint density at radius 1 is 0.931 bits per heavy atom. The van der Waals surface area contributed by atoms with E-state index < -0.39 is 6.04 Å². The molecule has 0 bridgehead atoms. The molecule has 29 heavy (non-hydrogen) atoms. The highest BCUT2D eigenvalue weighted by molar-refractivity contribution is 6.01. The van der Waals surface area contributed by atoms with Gasteiger partial charge in [0.1, 0.15) is 11.9 Å². The predicted molar refractivity (Wildman–Crippen MR) is 108 cm³/mol. The average molecular weight is 388 g/mol. The highest BCUT2D eigenvalue weighted by atomic mass is 19.1. The maximum absolute atomic E-state index is 13.1. The molecule has 0 aliphatic carbocycles. The number of fused-ring (bicyclic) bond motifs is 1. The van der Waals surface area contributed by atoms with Crippen molar-refractivity contribution >= 4 is 11.8 Å². The topological polar surface area (TPSA) is 49.4 Å². The molecule has 1 aliphatic rings. The molecule has 5 heteroatoms. The molecule has 3 aromatic rings. The Hall–Kier alpha value is -3.47. The van der Waals surface area contributed by atoms with Crippen LogP contribution in [0.2, 0.25) is 0 Å². The first-order valence-corrected chi connectivity index (χ1v) is 9.57. The average Bonchev–Trinajstić information content (AvgIpc) is 3.08. The number of amides is 2. The van der Waals surface area contributed by atoms with Gasteiger partial charge in [-0.3, -0.25) is 9.59 Å². The van der Waals surface area contributed by atoms with E-state index in [9.17, 15) is 14.0 Å². The van der Waals surface area contributed by atoms with Crippen molar-refractivity contribution in [2.75, 3.05) is 0 Å². The minimum Gasteiger partial charge on any atom is -0.350 e. The molecular weight excluding hydrogens is 367 g/mol. The van der Waals surface area contributed by atoms with E-state index >= 15 is 0 Å². The second-order valence-corrected chi connectivity index (χ2v) is 7.14. The lowest BCUT2D eigenvalue weighted by Crippen LogP contribution is -2.48. The smallest absolute Gasteiger partial charge is 0.255 e. The van der Waals surface area contributed by atoms with Crippen LogP contribution in [0.3, 0.4) is 0 Å². The van der Waals surface area contributed by atoms with Crippen molar-refractivity contribution in [3.05, 3.63) is 107 Å². The van der Waals surface area contributed by atoms with Crippen molar-refractivity contribution in [3.8, 4) is 0 Å². The van der Waals surface area contributed by atoms with E-state index in [4.69, 9.17) is 0 Å². The molecule has 1 atom stereocenters. The van der Waals surface area contributed by atoms with E-state index in [1.165, 1.54) is 12.1 Å². The molecule has 3 aromatic carbocycles. The van der Waals surface area contributed by atoms with Gasteiger partial charge in [-0.2, -0.15) is 0 Å². The second kappa shape index (κ2) is 8.27. The Balaban J connectivity index is 1.54. The summed E-state index contributed by atoms with van der Waals surface area (Å²) in [6.45, 7) is 0.690. The molecular formula is C24H21FN2O2. The number of nitrogens with one attached hydrogen (secondary N) is 1. The first-order chi connectivity index (χ1) is 14.1. The van der Waals surface area contributed by atoms with Gasteiger partial charge in [0.05, 0.1) is 0 Å². The molecule has 1 aliphatic heterocycles. The summed E-state index contributed by atoms with van der Waals surface area (Å²) in [4.78, 5) is 27.7. The Morgan fingerprint density at radius 2 is 1.62 bits per heavy atom. The maximum Gasteiger partial charge on any atom is 0.255 e. The standard InChI is InChI=1S/C24H21FN2O2/c25-20-12-10-18(11-13-20)15-26-23(28)22(14-17-6-2-1-3-7-17)27-16-19-8-4-5-9-21(19)24(27)29/h1-13,22H,14-16H2,(H,26,28)/t22-/m0/s1. The summed E-state index contributed by atoms with van der Waals surface area (Å²) in [6.07, 6.45) is 0.426. The minimum atomic E-state index is -0.627. The largest absolute Gasteiger partial charge is 0.350 e. The number of carbonyl (C=O) groups is 2. The normalized spacial score (nSPS) is 13.8. The molecule has 0 saturated carbocycles. The summed E-state index contributed by atoms with van der Waals surface area (Å²) >= 11 is 0. The van der Waals surface area contributed by atoms with Gasteiger partial charge in [-0.05, 0) is 34.9 Å². The highest BCUT2D eigenvalue weighted by Crippen LogP contribution is 2.26. The van der Waals surface area contributed by atoms with Gasteiger partial charge in [-0.15, -0.1) is 0 Å². The monoisotopic (exact) mass is 388 g/mol. The van der Waals surface area contributed by atoms with Crippen molar-refractivity contribution in [2.24, 2.45) is 0 Å². The Kier molecular flexibility index (Phi) is 5.38. The molecule has 0 aromatic heterocycles. The summed E-state index contributed by atoms with van der Waals surface area (Å²) in [5.74, 6) is -0.666. The van der Waals surface area contributed by atoms with Gasteiger partial charge >= 0.3 is 0 Å². The van der Waals surface area contributed by atoms with Crippen LogP contribution in [0, 0.1) is 5.82 Å². The molecule has 0 fully saturated rings. The zero-order valence-corrected chi connectivity index (χ0v) is 15.8. The van der Waals surface area contributed by atoms with E-state index in [1.54, 1.807) is 23.1 Å². The molecule has 0 saturated heterocycles. The third kappa shape index (κ3) is 4.19. The summed E-state index contributed by atoms with van der Waals surface area (Å²) in [5.41, 5.74) is 3.37. The third-order valence-corrected chi connectivity index (χ3v) is 5.18. The van der Waals surface area contributed by atoms with Crippen molar-refractivity contribution in [1.29, 1.82) is 0 Å². The minimum absolute atomic E-state index is 0.126. The molecule has 0 unspecified atom stereocenters.